The second-order valence-corrected chi connectivity index (χ2v) is 8.12. The summed E-state index contributed by atoms with van der Waals surface area (Å²) < 4.78 is 51.3. The molecule has 0 spiro atoms. The minimum absolute atomic E-state index is 0.136. The predicted octanol–water partition coefficient (Wildman–Crippen LogP) is 1.89. The minimum Gasteiger partial charge on any atom is -0.243 e. The van der Waals surface area contributed by atoms with Crippen molar-refractivity contribution in [3.8, 4) is 0 Å². The van der Waals surface area contributed by atoms with Gasteiger partial charge in [0.05, 0.1) is 9.48 Å². The second-order valence-electron chi connectivity index (χ2n) is 3.69. The molecule has 1 saturated heterocycles. The van der Waals surface area contributed by atoms with Crippen molar-refractivity contribution in [1.29, 1.82) is 0 Å². The van der Waals surface area contributed by atoms with Crippen LogP contribution in [0, 0.1) is 6.92 Å². The van der Waals surface area contributed by atoms with Gasteiger partial charge in [0, 0.05) is 13.1 Å². The molecule has 9 heteroatoms. The molecule has 2 rings (SSSR count). The zero-order valence-electron chi connectivity index (χ0n) is 8.73. The molecule has 1 aliphatic rings. The highest BCUT2D eigenvalue weighted by Crippen LogP contribution is 2.31. The maximum absolute atomic E-state index is 13.0. The minimum atomic E-state index is -3.88. The van der Waals surface area contributed by atoms with Crippen LogP contribution in [0.2, 0.25) is 0 Å². The number of hydrogen-bond acceptors (Lipinski definition) is 4. The third-order valence-corrected chi connectivity index (χ3v) is 6.62. The third kappa shape index (κ3) is 2.38. The van der Waals surface area contributed by atoms with Gasteiger partial charge in [-0.3, -0.25) is 0 Å². The molecule has 0 saturated carbocycles. The van der Waals surface area contributed by atoms with E-state index < -0.39 is 35.5 Å². The Morgan fingerprint density at radius 3 is 2.35 bits per heavy atom. The first-order valence-corrected chi connectivity index (χ1v) is 7.78. The SMILES string of the molecule is Cc1nc(S(=O)(=O)N2C[C@@H](F)[C@@H](F)C2)sc1Br. The van der Waals surface area contributed by atoms with Gasteiger partial charge < -0.3 is 0 Å². The standard InChI is InChI=1S/C8H9BrF2N2O2S2/c1-4-7(9)16-8(12-4)17(14,15)13-2-5(10)6(11)3-13/h5-6H,2-3H2,1H3/t5-,6+. The molecule has 0 aliphatic carbocycles. The Balaban J connectivity index is 2.31. The molecule has 1 aromatic heterocycles. The van der Waals surface area contributed by atoms with Crippen molar-refractivity contribution in [2.45, 2.75) is 23.6 Å². The summed E-state index contributed by atoms with van der Waals surface area (Å²) in [6.07, 6.45) is -3.51. The van der Waals surface area contributed by atoms with Crippen LogP contribution in [0.25, 0.3) is 0 Å². The molecule has 0 bridgehead atoms. The number of hydrogen-bond donors (Lipinski definition) is 0. The monoisotopic (exact) mass is 346 g/mol. The lowest BCUT2D eigenvalue weighted by Gasteiger charge is -2.12. The Bertz CT molecular complexity index is 504. The molecular weight excluding hydrogens is 338 g/mol. The van der Waals surface area contributed by atoms with Crippen molar-refractivity contribution in [3.63, 3.8) is 0 Å². The first kappa shape index (κ1) is 13.3. The van der Waals surface area contributed by atoms with Crippen molar-refractivity contribution in [3.05, 3.63) is 9.48 Å². The molecule has 17 heavy (non-hydrogen) atoms. The van der Waals surface area contributed by atoms with Crippen molar-refractivity contribution < 1.29 is 17.2 Å². The van der Waals surface area contributed by atoms with Crippen LogP contribution in [0.5, 0.6) is 0 Å². The molecule has 2 heterocycles. The highest BCUT2D eigenvalue weighted by atomic mass is 79.9. The summed E-state index contributed by atoms with van der Waals surface area (Å²) in [6, 6.07) is 0. The lowest BCUT2D eigenvalue weighted by atomic mass is 10.3. The van der Waals surface area contributed by atoms with Crippen molar-refractivity contribution >= 4 is 37.3 Å². The maximum Gasteiger partial charge on any atom is 0.270 e. The van der Waals surface area contributed by atoms with Crippen LogP contribution in [-0.4, -0.2) is 43.1 Å². The Kier molecular flexibility index (Phi) is 3.54. The van der Waals surface area contributed by atoms with E-state index >= 15 is 0 Å². The molecule has 0 amide bonds. The third-order valence-electron chi connectivity index (χ3n) is 2.43. The van der Waals surface area contributed by atoms with Crippen LogP contribution in [0.1, 0.15) is 5.69 Å². The van der Waals surface area contributed by atoms with Crippen LogP contribution in [-0.2, 0) is 10.0 Å². The summed E-state index contributed by atoms with van der Waals surface area (Å²) in [6.45, 7) is 0.763. The smallest absolute Gasteiger partial charge is 0.243 e. The van der Waals surface area contributed by atoms with Gasteiger partial charge in [0.15, 0.2) is 0 Å². The highest BCUT2D eigenvalue weighted by molar-refractivity contribution is 9.11. The van der Waals surface area contributed by atoms with Gasteiger partial charge in [0.2, 0.25) is 4.34 Å². The molecule has 2 atom stereocenters. The van der Waals surface area contributed by atoms with Crippen LogP contribution in [0.15, 0.2) is 8.13 Å². The van der Waals surface area contributed by atoms with Gasteiger partial charge >= 0.3 is 0 Å². The molecular formula is C8H9BrF2N2O2S2. The van der Waals surface area contributed by atoms with Gasteiger partial charge in [-0.25, -0.2) is 22.2 Å². The average molecular weight is 347 g/mol. The van der Waals surface area contributed by atoms with E-state index in [9.17, 15) is 17.2 Å². The molecule has 0 radical (unpaired) electrons. The van der Waals surface area contributed by atoms with E-state index in [0.717, 1.165) is 15.6 Å². The topological polar surface area (TPSA) is 50.3 Å². The molecule has 96 valence electrons. The first-order chi connectivity index (χ1) is 7.82. The molecule has 0 unspecified atom stereocenters. The number of sulfonamides is 1. The fourth-order valence-electron chi connectivity index (χ4n) is 1.46. The van der Waals surface area contributed by atoms with E-state index in [0.29, 0.717) is 9.48 Å². The van der Waals surface area contributed by atoms with Gasteiger partial charge in [-0.1, -0.05) is 11.3 Å². The number of halogens is 3. The zero-order chi connectivity index (χ0) is 12.8. The Hall–Kier alpha value is -0.120. The number of aromatic nitrogens is 1. The number of alkyl halides is 2. The first-order valence-electron chi connectivity index (χ1n) is 4.73. The predicted molar refractivity (Wildman–Crippen MR) is 63.1 cm³/mol. The second kappa shape index (κ2) is 4.52. The summed E-state index contributed by atoms with van der Waals surface area (Å²) in [5.41, 5.74) is 0.543. The fourth-order valence-corrected chi connectivity index (χ4v) is 5.00. The zero-order valence-corrected chi connectivity index (χ0v) is 11.9. The van der Waals surface area contributed by atoms with E-state index in [2.05, 4.69) is 20.9 Å². The van der Waals surface area contributed by atoms with E-state index in [4.69, 9.17) is 0 Å². The van der Waals surface area contributed by atoms with E-state index in [1.807, 2.05) is 0 Å². The van der Waals surface area contributed by atoms with Gasteiger partial charge in [-0.15, -0.1) is 0 Å². The quantitative estimate of drug-likeness (QED) is 0.821. The highest BCUT2D eigenvalue weighted by Gasteiger charge is 2.41. The Morgan fingerprint density at radius 1 is 1.41 bits per heavy atom. The molecule has 1 aliphatic heterocycles. The number of rotatable bonds is 2. The van der Waals surface area contributed by atoms with Gasteiger partial charge in [-0.2, -0.15) is 4.31 Å². The lowest BCUT2D eigenvalue weighted by Crippen LogP contribution is -2.29. The van der Waals surface area contributed by atoms with Crippen LogP contribution in [0.4, 0.5) is 8.78 Å². The van der Waals surface area contributed by atoms with E-state index in [-0.39, 0.29) is 4.34 Å². The molecule has 4 nitrogen and oxygen atoms in total. The molecule has 1 fully saturated rings. The summed E-state index contributed by atoms with van der Waals surface area (Å²) in [4.78, 5) is 3.87. The van der Waals surface area contributed by atoms with Gasteiger partial charge in [0.25, 0.3) is 10.0 Å². The molecule has 0 N–H and O–H groups in total. The average Bonchev–Trinajstić information content (AvgIpc) is 2.74. The summed E-state index contributed by atoms with van der Waals surface area (Å²) in [5.74, 6) is 0. The van der Waals surface area contributed by atoms with Crippen LogP contribution in [0.3, 0.4) is 0 Å². The molecule has 0 aromatic carbocycles. The van der Waals surface area contributed by atoms with E-state index in [1.54, 1.807) is 6.92 Å². The van der Waals surface area contributed by atoms with Crippen molar-refractivity contribution in [2.24, 2.45) is 0 Å². The number of aryl methyl sites for hydroxylation is 1. The fraction of sp³-hybridized carbons (Fsp3) is 0.625. The summed E-state index contributed by atoms with van der Waals surface area (Å²) >= 11 is 4.11. The summed E-state index contributed by atoms with van der Waals surface area (Å²) in [5, 5.41) is 0. The number of nitrogens with zero attached hydrogens (tertiary/aromatic N) is 2. The van der Waals surface area contributed by atoms with Crippen molar-refractivity contribution in [1.82, 2.24) is 9.29 Å². The van der Waals surface area contributed by atoms with Gasteiger partial charge in [0.1, 0.15) is 12.3 Å². The van der Waals surface area contributed by atoms with E-state index in [1.165, 1.54) is 0 Å². The normalized spacial score (nSPS) is 26.6. The Labute approximate surface area is 110 Å². The Morgan fingerprint density at radius 2 is 1.94 bits per heavy atom. The van der Waals surface area contributed by atoms with Crippen LogP contribution >= 0.6 is 27.3 Å². The number of thiazole rings is 1. The summed E-state index contributed by atoms with van der Waals surface area (Å²) in [7, 11) is -3.88. The maximum atomic E-state index is 13.0. The van der Waals surface area contributed by atoms with Gasteiger partial charge in [-0.05, 0) is 22.9 Å². The van der Waals surface area contributed by atoms with Crippen LogP contribution < -0.4 is 0 Å². The largest absolute Gasteiger partial charge is 0.270 e. The lowest BCUT2D eigenvalue weighted by molar-refractivity contribution is 0.217. The van der Waals surface area contributed by atoms with Crippen molar-refractivity contribution in [2.75, 3.05) is 13.1 Å². The molecule has 1 aromatic rings.